The van der Waals surface area contributed by atoms with Crippen molar-refractivity contribution in [2.45, 2.75) is 32.9 Å². The summed E-state index contributed by atoms with van der Waals surface area (Å²) in [5, 5.41) is 16.9. The molecule has 0 aliphatic heterocycles. The Morgan fingerprint density at radius 3 is 2.67 bits per heavy atom. The number of carbonyl (C=O) groups excluding carboxylic acids is 1. The van der Waals surface area contributed by atoms with Crippen LogP contribution < -0.4 is 5.32 Å². The first-order valence-electron chi connectivity index (χ1n) is 6.90. The molecule has 1 heterocycles. The lowest BCUT2D eigenvalue weighted by Crippen LogP contribution is -2.43. The number of hydrogen-bond acceptors (Lipinski definition) is 3. The largest absolute Gasteiger partial charge is 0.480 e. The summed E-state index contributed by atoms with van der Waals surface area (Å²) < 4.78 is 1.52. The number of aromatic nitrogens is 2. The summed E-state index contributed by atoms with van der Waals surface area (Å²) in [6.07, 6.45) is 2.18. The summed E-state index contributed by atoms with van der Waals surface area (Å²) in [5.41, 5.74) is 0.808. The van der Waals surface area contributed by atoms with Crippen LogP contribution in [0.3, 0.4) is 0 Å². The molecule has 2 aromatic rings. The predicted molar refractivity (Wildman–Crippen MR) is 78.8 cm³/mol. The molecule has 2 rings (SSSR count). The Bertz CT molecular complexity index is 615. The number of benzene rings is 1. The molecule has 2 N–H and O–H groups in total. The molecule has 21 heavy (non-hydrogen) atoms. The minimum Gasteiger partial charge on any atom is -0.480 e. The van der Waals surface area contributed by atoms with Crippen LogP contribution in [0.1, 0.15) is 20.3 Å². The van der Waals surface area contributed by atoms with E-state index >= 15 is 0 Å². The third-order valence-corrected chi connectivity index (χ3v) is 3.11. The van der Waals surface area contributed by atoms with E-state index in [4.69, 9.17) is 5.11 Å². The van der Waals surface area contributed by atoms with E-state index in [1.54, 1.807) is 6.20 Å². The van der Waals surface area contributed by atoms with Crippen molar-refractivity contribution in [2.24, 2.45) is 5.92 Å². The summed E-state index contributed by atoms with van der Waals surface area (Å²) >= 11 is 0. The zero-order chi connectivity index (χ0) is 15.4. The van der Waals surface area contributed by atoms with Crippen LogP contribution >= 0.6 is 0 Å². The third kappa shape index (κ3) is 4.05. The molecule has 112 valence electrons. The van der Waals surface area contributed by atoms with Gasteiger partial charge in [-0.1, -0.05) is 32.0 Å². The molecular weight excluding hydrogens is 270 g/mol. The molecule has 0 saturated carbocycles. The van der Waals surface area contributed by atoms with E-state index in [2.05, 4.69) is 10.4 Å². The molecule has 0 spiro atoms. The van der Waals surface area contributed by atoms with Crippen LogP contribution in [-0.4, -0.2) is 32.8 Å². The average Bonchev–Trinajstić information content (AvgIpc) is 2.79. The maximum absolute atomic E-state index is 12.0. The summed E-state index contributed by atoms with van der Waals surface area (Å²) in [7, 11) is 0. The van der Waals surface area contributed by atoms with E-state index in [-0.39, 0.29) is 18.4 Å². The second-order valence-electron chi connectivity index (χ2n) is 5.47. The average molecular weight is 289 g/mol. The molecule has 0 aliphatic carbocycles. The highest BCUT2D eigenvalue weighted by Gasteiger charge is 2.21. The first-order valence-corrected chi connectivity index (χ1v) is 6.90. The van der Waals surface area contributed by atoms with Gasteiger partial charge >= 0.3 is 5.97 Å². The summed E-state index contributed by atoms with van der Waals surface area (Å²) in [4.78, 5) is 23.1. The lowest BCUT2D eigenvalue weighted by molar-refractivity contribution is -0.142. The molecule has 1 aromatic carbocycles. The predicted octanol–water partition coefficient (Wildman–Crippen LogP) is 1.65. The van der Waals surface area contributed by atoms with E-state index in [0.717, 1.165) is 10.9 Å². The van der Waals surface area contributed by atoms with Crippen molar-refractivity contribution >= 4 is 22.8 Å². The molecule has 0 aliphatic rings. The van der Waals surface area contributed by atoms with Crippen molar-refractivity contribution in [2.75, 3.05) is 0 Å². The Kier molecular flexibility index (Phi) is 4.57. The molecule has 0 saturated heterocycles. The third-order valence-electron chi connectivity index (χ3n) is 3.11. The van der Waals surface area contributed by atoms with Gasteiger partial charge in [0.2, 0.25) is 5.91 Å². The van der Waals surface area contributed by atoms with Gasteiger partial charge in [0.1, 0.15) is 12.6 Å². The number of amides is 1. The van der Waals surface area contributed by atoms with Gasteiger partial charge in [0.25, 0.3) is 0 Å². The minimum absolute atomic E-state index is 0.0105. The number of nitrogens with zero attached hydrogens (tertiary/aromatic N) is 2. The first kappa shape index (κ1) is 15.0. The second-order valence-corrected chi connectivity index (χ2v) is 5.47. The van der Waals surface area contributed by atoms with Crippen LogP contribution in [0, 0.1) is 5.92 Å². The highest BCUT2D eigenvalue weighted by Crippen LogP contribution is 2.11. The van der Waals surface area contributed by atoms with Crippen LogP contribution in [0.5, 0.6) is 0 Å². The van der Waals surface area contributed by atoms with Gasteiger partial charge in [-0.25, -0.2) is 4.79 Å². The highest BCUT2D eigenvalue weighted by molar-refractivity contribution is 5.84. The molecule has 0 fully saturated rings. The molecule has 6 nitrogen and oxygen atoms in total. The quantitative estimate of drug-likeness (QED) is 0.847. The Morgan fingerprint density at radius 1 is 1.33 bits per heavy atom. The molecule has 6 heteroatoms. The number of carboxylic acids is 1. The standard InChI is InChI=1S/C15H19N3O3/c1-10(2)7-13(15(20)21)16-14(19)9-18-8-11-5-3-4-6-12(11)17-18/h3-6,8,10,13H,7,9H2,1-2H3,(H,16,19)(H,20,21). The topological polar surface area (TPSA) is 84.2 Å². The van der Waals surface area contributed by atoms with Crippen molar-refractivity contribution in [1.82, 2.24) is 15.1 Å². The SMILES string of the molecule is CC(C)CC(NC(=O)Cn1cc2ccccc2n1)C(=O)O. The monoisotopic (exact) mass is 289 g/mol. The fourth-order valence-electron chi connectivity index (χ4n) is 2.18. The number of rotatable bonds is 6. The maximum Gasteiger partial charge on any atom is 0.326 e. The van der Waals surface area contributed by atoms with Crippen LogP contribution in [-0.2, 0) is 16.1 Å². The Hall–Kier alpha value is -2.37. The summed E-state index contributed by atoms with van der Waals surface area (Å²) in [5.74, 6) is -1.17. The van der Waals surface area contributed by atoms with Crippen molar-refractivity contribution in [3.05, 3.63) is 30.5 Å². The van der Waals surface area contributed by atoms with E-state index in [1.807, 2.05) is 38.1 Å². The molecule has 1 amide bonds. The second kappa shape index (κ2) is 6.39. The number of nitrogens with one attached hydrogen (secondary N) is 1. The zero-order valence-corrected chi connectivity index (χ0v) is 12.1. The minimum atomic E-state index is -1.01. The van der Waals surface area contributed by atoms with Gasteiger partial charge in [0.15, 0.2) is 0 Å². The molecule has 1 atom stereocenters. The Labute approximate surface area is 122 Å². The lowest BCUT2D eigenvalue weighted by atomic mass is 10.0. The van der Waals surface area contributed by atoms with Gasteiger partial charge in [-0.3, -0.25) is 9.48 Å². The van der Waals surface area contributed by atoms with Gasteiger partial charge < -0.3 is 10.4 Å². The van der Waals surface area contributed by atoms with E-state index < -0.39 is 12.0 Å². The highest BCUT2D eigenvalue weighted by atomic mass is 16.4. The molecular formula is C15H19N3O3. The van der Waals surface area contributed by atoms with E-state index in [9.17, 15) is 9.59 Å². The lowest BCUT2D eigenvalue weighted by Gasteiger charge is -2.16. The molecule has 1 unspecified atom stereocenters. The number of carbonyl (C=O) groups is 2. The number of fused-ring (bicyclic) bond motifs is 1. The fraction of sp³-hybridized carbons (Fsp3) is 0.400. The van der Waals surface area contributed by atoms with Crippen LogP contribution in [0.4, 0.5) is 0 Å². The summed E-state index contributed by atoms with van der Waals surface area (Å²) in [6.45, 7) is 3.85. The van der Waals surface area contributed by atoms with Gasteiger partial charge in [-0.2, -0.15) is 5.10 Å². The first-order chi connectivity index (χ1) is 9.95. The van der Waals surface area contributed by atoms with Gasteiger partial charge in [-0.15, -0.1) is 0 Å². The Balaban J connectivity index is 2.01. The zero-order valence-electron chi connectivity index (χ0n) is 12.1. The number of carboxylic acid groups (broad SMARTS) is 1. The maximum atomic E-state index is 12.0. The number of aliphatic carboxylic acids is 1. The molecule has 1 aromatic heterocycles. The van der Waals surface area contributed by atoms with Crippen LogP contribution in [0.2, 0.25) is 0 Å². The van der Waals surface area contributed by atoms with Crippen LogP contribution in [0.15, 0.2) is 30.5 Å². The van der Waals surface area contributed by atoms with E-state index in [0.29, 0.717) is 6.42 Å². The molecule has 0 radical (unpaired) electrons. The van der Waals surface area contributed by atoms with Crippen molar-refractivity contribution < 1.29 is 14.7 Å². The van der Waals surface area contributed by atoms with Crippen molar-refractivity contribution in [3.63, 3.8) is 0 Å². The normalized spacial score (nSPS) is 12.5. The van der Waals surface area contributed by atoms with Crippen molar-refractivity contribution in [3.8, 4) is 0 Å². The van der Waals surface area contributed by atoms with Gasteiger partial charge in [0.05, 0.1) is 5.52 Å². The smallest absolute Gasteiger partial charge is 0.326 e. The fourth-order valence-corrected chi connectivity index (χ4v) is 2.18. The number of hydrogen-bond donors (Lipinski definition) is 2. The summed E-state index contributed by atoms with van der Waals surface area (Å²) in [6, 6.07) is 6.70. The van der Waals surface area contributed by atoms with Gasteiger partial charge in [-0.05, 0) is 18.4 Å². The van der Waals surface area contributed by atoms with Crippen LogP contribution in [0.25, 0.3) is 10.9 Å². The Morgan fingerprint density at radius 2 is 2.05 bits per heavy atom. The van der Waals surface area contributed by atoms with E-state index in [1.165, 1.54) is 4.68 Å². The van der Waals surface area contributed by atoms with Gasteiger partial charge in [0, 0.05) is 11.6 Å². The van der Waals surface area contributed by atoms with Crippen molar-refractivity contribution in [1.29, 1.82) is 0 Å². The molecule has 0 bridgehead atoms.